The van der Waals surface area contributed by atoms with Gasteiger partial charge in [-0.15, -0.1) is 10.2 Å². The molecular formula is C22H23N3O2S3. The first-order valence-corrected chi connectivity index (χ1v) is 12.3. The first kappa shape index (κ1) is 22.5. The molecule has 30 heavy (non-hydrogen) atoms. The number of carbonyl (C=O) groups is 2. The number of nitrogens with zero attached hydrogens (tertiary/aromatic N) is 2. The number of thioether (sulfide) groups is 2. The lowest BCUT2D eigenvalue weighted by Crippen LogP contribution is -2.06. The van der Waals surface area contributed by atoms with Crippen LogP contribution in [0.5, 0.6) is 0 Å². The molecule has 1 N–H and O–H groups in total. The summed E-state index contributed by atoms with van der Waals surface area (Å²) in [6, 6.07) is 15.6. The van der Waals surface area contributed by atoms with Crippen LogP contribution in [0, 0.1) is 0 Å². The Morgan fingerprint density at radius 2 is 1.60 bits per heavy atom. The van der Waals surface area contributed by atoms with E-state index < -0.39 is 0 Å². The quantitative estimate of drug-likeness (QED) is 0.319. The number of ketones is 1. The molecule has 5 nitrogen and oxygen atoms in total. The van der Waals surface area contributed by atoms with Gasteiger partial charge in [-0.1, -0.05) is 73.0 Å². The molecule has 8 heteroatoms. The van der Waals surface area contributed by atoms with Gasteiger partial charge in [-0.3, -0.25) is 9.59 Å². The van der Waals surface area contributed by atoms with Crippen molar-refractivity contribution in [1.29, 1.82) is 0 Å². The minimum Gasteiger partial charge on any atom is -0.326 e. The number of amides is 1. The van der Waals surface area contributed by atoms with Crippen molar-refractivity contribution in [3.63, 3.8) is 0 Å². The molecule has 0 aliphatic carbocycles. The molecule has 0 unspecified atom stereocenters. The summed E-state index contributed by atoms with van der Waals surface area (Å²) in [6.07, 6.45) is 0. The number of Topliss-reactive ketones (excluding diaryl/α,β-unsaturated/α-hetero) is 1. The van der Waals surface area contributed by atoms with Crippen molar-refractivity contribution in [3.8, 4) is 0 Å². The van der Waals surface area contributed by atoms with Gasteiger partial charge in [-0.25, -0.2) is 0 Å². The van der Waals surface area contributed by atoms with Crippen LogP contribution in [0.1, 0.15) is 48.2 Å². The fourth-order valence-electron chi connectivity index (χ4n) is 2.61. The maximum atomic E-state index is 12.4. The molecule has 0 atom stereocenters. The number of nitrogens with one attached hydrogen (secondary N) is 1. The molecule has 3 aromatic rings. The van der Waals surface area contributed by atoms with Crippen molar-refractivity contribution in [2.24, 2.45) is 0 Å². The van der Waals surface area contributed by atoms with E-state index in [4.69, 9.17) is 0 Å². The minimum absolute atomic E-state index is 0.0176. The third-order valence-electron chi connectivity index (χ3n) is 4.25. The van der Waals surface area contributed by atoms with Gasteiger partial charge < -0.3 is 5.32 Å². The van der Waals surface area contributed by atoms with E-state index in [1.165, 1.54) is 41.1 Å². The lowest BCUT2D eigenvalue weighted by atomic mass is 10.0. The molecule has 0 aliphatic heterocycles. The second-order valence-corrected chi connectivity index (χ2v) is 10.4. The van der Waals surface area contributed by atoms with Crippen LogP contribution >= 0.6 is 34.9 Å². The smallest absolute Gasteiger partial charge is 0.221 e. The van der Waals surface area contributed by atoms with Crippen LogP contribution in [-0.2, 0) is 10.5 Å². The van der Waals surface area contributed by atoms with Gasteiger partial charge >= 0.3 is 0 Å². The number of hydrogen-bond acceptors (Lipinski definition) is 7. The van der Waals surface area contributed by atoms with Crippen LogP contribution in [-0.4, -0.2) is 27.6 Å². The third-order valence-corrected chi connectivity index (χ3v) is 7.51. The molecule has 2 aromatic carbocycles. The van der Waals surface area contributed by atoms with Gasteiger partial charge in [0.25, 0.3) is 0 Å². The Morgan fingerprint density at radius 1 is 0.967 bits per heavy atom. The summed E-state index contributed by atoms with van der Waals surface area (Å²) in [6.45, 7) is 5.83. The summed E-state index contributed by atoms with van der Waals surface area (Å²) in [4.78, 5) is 23.5. The van der Waals surface area contributed by atoms with E-state index in [0.717, 1.165) is 14.4 Å². The van der Waals surface area contributed by atoms with Gasteiger partial charge in [0.15, 0.2) is 14.5 Å². The summed E-state index contributed by atoms with van der Waals surface area (Å²) >= 11 is 4.57. The lowest BCUT2D eigenvalue weighted by Gasteiger charge is -2.06. The molecule has 0 spiro atoms. The van der Waals surface area contributed by atoms with Crippen molar-refractivity contribution in [2.45, 2.75) is 41.1 Å². The molecule has 1 aromatic heterocycles. The van der Waals surface area contributed by atoms with E-state index in [0.29, 0.717) is 22.9 Å². The van der Waals surface area contributed by atoms with Crippen LogP contribution in [0.15, 0.2) is 57.2 Å². The van der Waals surface area contributed by atoms with Gasteiger partial charge in [-0.2, -0.15) is 0 Å². The predicted molar refractivity (Wildman–Crippen MR) is 126 cm³/mol. The van der Waals surface area contributed by atoms with Gasteiger partial charge in [0.1, 0.15) is 0 Å². The third kappa shape index (κ3) is 6.68. The number of aromatic nitrogens is 2. The normalized spacial score (nSPS) is 10.9. The number of hydrogen-bond donors (Lipinski definition) is 1. The monoisotopic (exact) mass is 457 g/mol. The zero-order valence-electron chi connectivity index (χ0n) is 17.0. The number of rotatable bonds is 9. The van der Waals surface area contributed by atoms with Crippen molar-refractivity contribution in [3.05, 3.63) is 65.2 Å². The van der Waals surface area contributed by atoms with E-state index in [1.54, 1.807) is 36.0 Å². The fourth-order valence-corrected chi connectivity index (χ4v) is 5.48. The second-order valence-electron chi connectivity index (χ2n) is 6.99. The van der Waals surface area contributed by atoms with E-state index in [9.17, 15) is 9.59 Å². The Balaban J connectivity index is 1.48. The minimum atomic E-state index is -0.137. The summed E-state index contributed by atoms with van der Waals surface area (Å²) < 4.78 is 1.69. The maximum Gasteiger partial charge on any atom is 0.221 e. The van der Waals surface area contributed by atoms with E-state index in [2.05, 4.69) is 53.6 Å². The van der Waals surface area contributed by atoms with Crippen LogP contribution < -0.4 is 5.32 Å². The van der Waals surface area contributed by atoms with Crippen LogP contribution in [0.25, 0.3) is 0 Å². The van der Waals surface area contributed by atoms with Crippen molar-refractivity contribution in [1.82, 2.24) is 10.2 Å². The predicted octanol–water partition coefficient (Wildman–Crippen LogP) is 5.89. The maximum absolute atomic E-state index is 12.4. The highest BCUT2D eigenvalue weighted by Gasteiger charge is 2.11. The number of carbonyl (C=O) groups excluding carboxylic acids is 2. The van der Waals surface area contributed by atoms with E-state index >= 15 is 0 Å². The molecule has 1 heterocycles. The van der Waals surface area contributed by atoms with Crippen LogP contribution in [0.2, 0.25) is 0 Å². The molecule has 0 bridgehead atoms. The standard InChI is InChI=1S/C22H23N3O2S3/c1-14(2)17-6-4-16(5-7-17)12-28-21-24-25-22(30-21)29-13-20(27)18-8-10-19(11-9-18)23-15(3)26/h4-11,14H,12-13H2,1-3H3,(H,23,26). The van der Waals surface area contributed by atoms with Crippen LogP contribution in [0.3, 0.4) is 0 Å². The molecule has 3 rings (SSSR count). The Kier molecular flexibility index (Phi) is 8.07. The molecular weight excluding hydrogens is 434 g/mol. The van der Waals surface area contributed by atoms with Gasteiger partial charge in [0.05, 0.1) is 5.75 Å². The molecule has 0 aliphatic rings. The zero-order chi connectivity index (χ0) is 21.5. The molecule has 0 radical (unpaired) electrons. The molecule has 0 fully saturated rings. The summed E-state index contributed by atoms with van der Waals surface area (Å²) in [5, 5.41) is 11.1. The molecule has 1 amide bonds. The summed E-state index contributed by atoms with van der Waals surface area (Å²) in [5.41, 5.74) is 3.89. The zero-order valence-corrected chi connectivity index (χ0v) is 19.5. The first-order valence-electron chi connectivity index (χ1n) is 9.49. The highest BCUT2D eigenvalue weighted by molar-refractivity contribution is 8.03. The van der Waals surface area contributed by atoms with Gasteiger partial charge in [0.2, 0.25) is 5.91 Å². The average molecular weight is 458 g/mol. The Bertz CT molecular complexity index is 999. The Labute approximate surface area is 189 Å². The molecule has 156 valence electrons. The second kappa shape index (κ2) is 10.7. The van der Waals surface area contributed by atoms with Gasteiger partial charge in [0, 0.05) is 23.9 Å². The van der Waals surface area contributed by atoms with Crippen molar-refractivity contribution < 1.29 is 9.59 Å². The summed E-state index contributed by atoms with van der Waals surface area (Å²) in [7, 11) is 0. The van der Waals surface area contributed by atoms with Crippen molar-refractivity contribution >= 4 is 52.2 Å². The Morgan fingerprint density at radius 3 is 2.20 bits per heavy atom. The highest BCUT2D eigenvalue weighted by Crippen LogP contribution is 2.31. The summed E-state index contributed by atoms with van der Waals surface area (Å²) in [5.74, 6) is 1.56. The Hall–Kier alpha value is -2.16. The van der Waals surface area contributed by atoms with Crippen LogP contribution in [0.4, 0.5) is 5.69 Å². The van der Waals surface area contributed by atoms with E-state index in [1.807, 2.05) is 0 Å². The fraction of sp³-hybridized carbons (Fsp3) is 0.273. The van der Waals surface area contributed by atoms with Gasteiger partial charge in [-0.05, 0) is 41.3 Å². The molecule has 0 saturated heterocycles. The van der Waals surface area contributed by atoms with E-state index in [-0.39, 0.29) is 11.7 Å². The average Bonchev–Trinajstić information content (AvgIpc) is 3.19. The largest absolute Gasteiger partial charge is 0.326 e. The first-order chi connectivity index (χ1) is 14.4. The lowest BCUT2D eigenvalue weighted by molar-refractivity contribution is -0.114. The highest BCUT2D eigenvalue weighted by atomic mass is 32.2. The topological polar surface area (TPSA) is 72.0 Å². The SMILES string of the molecule is CC(=O)Nc1ccc(C(=O)CSc2nnc(SCc3ccc(C(C)C)cc3)s2)cc1. The molecule has 0 saturated carbocycles. The number of anilines is 1. The van der Waals surface area contributed by atoms with Crippen molar-refractivity contribution in [2.75, 3.05) is 11.1 Å². The number of benzene rings is 2.